The summed E-state index contributed by atoms with van der Waals surface area (Å²) in [6, 6.07) is 6.75. The van der Waals surface area contributed by atoms with Gasteiger partial charge in [-0.3, -0.25) is 9.69 Å². The molecule has 1 heterocycles. The highest BCUT2D eigenvalue weighted by Crippen LogP contribution is 2.32. The Hall–Kier alpha value is -1.86. The molecule has 1 aliphatic heterocycles. The normalized spacial score (nSPS) is 16.6. The van der Waals surface area contributed by atoms with Crippen molar-refractivity contribution in [1.82, 2.24) is 4.90 Å². The smallest absolute Gasteiger partial charge is 0.266 e. The molecule has 1 saturated heterocycles. The van der Waals surface area contributed by atoms with E-state index in [2.05, 4.69) is 0 Å². The maximum absolute atomic E-state index is 12.0. The zero-order chi connectivity index (χ0) is 15.4. The van der Waals surface area contributed by atoms with Crippen molar-refractivity contribution in [2.45, 2.75) is 6.92 Å². The highest BCUT2D eigenvalue weighted by Gasteiger charge is 2.30. The van der Waals surface area contributed by atoms with E-state index in [0.29, 0.717) is 21.5 Å². The number of likely N-dealkylation sites (N-methyl/N-ethyl adjacent to an activating group) is 1. The van der Waals surface area contributed by atoms with Crippen molar-refractivity contribution in [3.63, 3.8) is 0 Å². The van der Waals surface area contributed by atoms with E-state index in [0.717, 1.165) is 5.56 Å². The summed E-state index contributed by atoms with van der Waals surface area (Å²) in [5.74, 6) is -0.940. The summed E-state index contributed by atoms with van der Waals surface area (Å²) in [6.45, 7) is 1.93. The molecule has 1 fully saturated rings. The topological polar surface area (TPSA) is 69.7 Å². The first-order valence-electron chi connectivity index (χ1n) is 6.19. The number of carbonyl (C=O) groups is 2. The summed E-state index contributed by atoms with van der Waals surface area (Å²) in [5.41, 5.74) is 0.812. The van der Waals surface area contributed by atoms with Gasteiger partial charge in [0.25, 0.3) is 5.91 Å². The van der Waals surface area contributed by atoms with Crippen LogP contribution in [0.25, 0.3) is 6.08 Å². The number of benzene rings is 1. The molecule has 0 aromatic heterocycles. The van der Waals surface area contributed by atoms with E-state index >= 15 is 0 Å². The second-order valence-corrected chi connectivity index (χ2v) is 5.83. The van der Waals surface area contributed by atoms with E-state index in [9.17, 15) is 14.7 Å². The number of thiocarbonyl (C=S) groups is 1. The van der Waals surface area contributed by atoms with Gasteiger partial charge in [0.2, 0.25) is 0 Å². The molecule has 7 heteroatoms. The van der Waals surface area contributed by atoms with Crippen LogP contribution < -0.4 is 9.84 Å². The Morgan fingerprint density at radius 2 is 2.10 bits per heavy atom. The Balaban J connectivity index is 2.09. The lowest BCUT2D eigenvalue weighted by Gasteiger charge is -2.09. The molecule has 0 N–H and O–H groups in total. The first kappa shape index (κ1) is 15.5. The van der Waals surface area contributed by atoms with Crippen LogP contribution in [0.1, 0.15) is 12.5 Å². The largest absolute Gasteiger partial charge is 0.546 e. The standard InChI is InChI=1S/C14H13NO4S2/c1-2-15-13(18)11(21-14(15)20)7-9-3-5-10(6-4-9)19-8-12(16)17/h3-7H,2,8H2,1H3,(H,16,17)/p-1/b11-7+. The van der Waals surface area contributed by atoms with Crippen LogP contribution in [-0.2, 0) is 9.59 Å². The summed E-state index contributed by atoms with van der Waals surface area (Å²) >= 11 is 6.41. The van der Waals surface area contributed by atoms with Crippen LogP contribution >= 0.6 is 24.0 Å². The number of carbonyl (C=O) groups excluding carboxylic acids is 2. The van der Waals surface area contributed by atoms with Gasteiger partial charge in [0.1, 0.15) is 16.7 Å². The lowest BCUT2D eigenvalue weighted by Crippen LogP contribution is -2.28. The van der Waals surface area contributed by atoms with Crippen LogP contribution in [0.5, 0.6) is 5.75 Å². The number of thioether (sulfide) groups is 1. The van der Waals surface area contributed by atoms with Crippen molar-refractivity contribution in [2.24, 2.45) is 0 Å². The van der Waals surface area contributed by atoms with Crippen molar-refractivity contribution in [1.29, 1.82) is 0 Å². The average molecular weight is 322 g/mol. The van der Waals surface area contributed by atoms with Gasteiger partial charge in [-0.2, -0.15) is 0 Å². The Bertz CT molecular complexity index is 610. The Labute approximate surface area is 131 Å². The predicted octanol–water partition coefficient (Wildman–Crippen LogP) is 1.04. The van der Waals surface area contributed by atoms with Gasteiger partial charge < -0.3 is 14.6 Å². The maximum Gasteiger partial charge on any atom is 0.266 e. The number of carboxylic acids is 1. The third-order valence-electron chi connectivity index (χ3n) is 2.72. The first-order chi connectivity index (χ1) is 10.0. The average Bonchev–Trinajstić information content (AvgIpc) is 2.72. The van der Waals surface area contributed by atoms with Gasteiger partial charge >= 0.3 is 0 Å². The molecule has 0 radical (unpaired) electrons. The van der Waals surface area contributed by atoms with Crippen molar-refractivity contribution < 1.29 is 19.4 Å². The minimum atomic E-state index is -1.28. The van der Waals surface area contributed by atoms with Crippen molar-refractivity contribution >= 4 is 46.3 Å². The monoisotopic (exact) mass is 322 g/mol. The number of carboxylic acid groups (broad SMARTS) is 1. The van der Waals surface area contributed by atoms with E-state index in [4.69, 9.17) is 17.0 Å². The number of hydrogen-bond donors (Lipinski definition) is 0. The van der Waals surface area contributed by atoms with E-state index in [-0.39, 0.29) is 5.91 Å². The quantitative estimate of drug-likeness (QED) is 0.596. The Morgan fingerprint density at radius 1 is 1.43 bits per heavy atom. The highest BCUT2D eigenvalue weighted by atomic mass is 32.2. The number of amides is 1. The number of ether oxygens (including phenoxy) is 1. The minimum absolute atomic E-state index is 0.0928. The molecule has 0 aliphatic carbocycles. The van der Waals surface area contributed by atoms with Crippen LogP contribution in [0, 0.1) is 0 Å². The van der Waals surface area contributed by atoms with Gasteiger partial charge in [-0.05, 0) is 30.7 Å². The van der Waals surface area contributed by atoms with Crippen molar-refractivity contribution in [3.05, 3.63) is 34.7 Å². The van der Waals surface area contributed by atoms with E-state index in [1.165, 1.54) is 11.8 Å². The third kappa shape index (κ3) is 3.83. The van der Waals surface area contributed by atoms with Gasteiger partial charge in [0, 0.05) is 6.54 Å². The molecule has 1 aromatic rings. The fraction of sp³-hybridized carbons (Fsp3) is 0.214. The van der Waals surface area contributed by atoms with Crippen LogP contribution in [0.4, 0.5) is 0 Å². The molecule has 0 atom stereocenters. The Morgan fingerprint density at radius 3 is 2.62 bits per heavy atom. The van der Waals surface area contributed by atoms with Crippen molar-refractivity contribution in [3.8, 4) is 5.75 Å². The Kier molecular flexibility index (Phi) is 4.98. The fourth-order valence-corrected chi connectivity index (χ4v) is 3.11. The summed E-state index contributed by atoms with van der Waals surface area (Å²) < 4.78 is 5.54. The molecule has 5 nitrogen and oxygen atoms in total. The SMILES string of the molecule is CCN1C(=O)/C(=C\c2ccc(OCC(=O)[O-])cc2)SC1=S. The molecular weight excluding hydrogens is 310 g/mol. The number of rotatable bonds is 5. The van der Waals surface area contributed by atoms with Crippen LogP contribution in [0.3, 0.4) is 0 Å². The van der Waals surface area contributed by atoms with Crippen LogP contribution in [-0.4, -0.2) is 34.2 Å². The molecule has 1 aliphatic rings. The molecule has 0 saturated carbocycles. The predicted molar refractivity (Wildman–Crippen MR) is 82.5 cm³/mol. The van der Waals surface area contributed by atoms with Crippen LogP contribution in [0.2, 0.25) is 0 Å². The van der Waals surface area contributed by atoms with Gasteiger partial charge in [-0.15, -0.1) is 0 Å². The molecule has 0 spiro atoms. The van der Waals surface area contributed by atoms with Crippen LogP contribution in [0.15, 0.2) is 29.2 Å². The van der Waals surface area contributed by atoms with Crippen molar-refractivity contribution in [2.75, 3.05) is 13.2 Å². The van der Waals surface area contributed by atoms with Gasteiger partial charge in [0.15, 0.2) is 0 Å². The molecule has 110 valence electrons. The number of hydrogen-bond acceptors (Lipinski definition) is 6. The summed E-state index contributed by atoms with van der Waals surface area (Å²) in [6.07, 6.45) is 1.75. The third-order valence-corrected chi connectivity index (χ3v) is 4.10. The zero-order valence-corrected chi connectivity index (χ0v) is 12.8. The van der Waals surface area contributed by atoms with Gasteiger partial charge in [-0.25, -0.2) is 0 Å². The fourth-order valence-electron chi connectivity index (χ4n) is 1.73. The molecule has 1 amide bonds. The number of aliphatic carboxylic acids is 1. The van der Waals surface area contributed by atoms with E-state index in [1.807, 2.05) is 6.92 Å². The summed E-state index contributed by atoms with van der Waals surface area (Å²) in [4.78, 5) is 24.5. The minimum Gasteiger partial charge on any atom is -0.546 e. The maximum atomic E-state index is 12.0. The first-order valence-corrected chi connectivity index (χ1v) is 7.42. The van der Waals surface area contributed by atoms with E-state index < -0.39 is 12.6 Å². The molecule has 1 aromatic carbocycles. The summed E-state index contributed by atoms with van der Waals surface area (Å²) in [7, 11) is 0. The highest BCUT2D eigenvalue weighted by molar-refractivity contribution is 8.26. The lowest BCUT2D eigenvalue weighted by atomic mass is 10.2. The molecule has 0 bridgehead atoms. The molecule has 2 rings (SSSR count). The molecule has 0 unspecified atom stereocenters. The molecule has 21 heavy (non-hydrogen) atoms. The lowest BCUT2D eigenvalue weighted by molar-refractivity contribution is -0.307. The summed E-state index contributed by atoms with van der Waals surface area (Å²) in [5, 5.41) is 10.3. The zero-order valence-electron chi connectivity index (χ0n) is 11.2. The molecular formula is C14H12NO4S2-. The van der Waals surface area contributed by atoms with Gasteiger partial charge in [-0.1, -0.05) is 36.1 Å². The second-order valence-electron chi connectivity index (χ2n) is 4.16. The van der Waals surface area contributed by atoms with Gasteiger partial charge in [0.05, 0.1) is 10.9 Å². The van der Waals surface area contributed by atoms with E-state index in [1.54, 1.807) is 35.2 Å². The second kappa shape index (κ2) is 6.73. The number of nitrogens with zero attached hydrogens (tertiary/aromatic N) is 1.